The molecule has 2 nitrogen and oxygen atoms in total. The van der Waals surface area contributed by atoms with Gasteiger partial charge in [-0.25, -0.2) is 0 Å². The first-order valence-corrected chi connectivity index (χ1v) is 5.56. The minimum absolute atomic E-state index is 0.160. The SMILES string of the molecule is CC/C=C/C(CC)CC(=O)NC(C)C. The summed E-state index contributed by atoms with van der Waals surface area (Å²) in [6.45, 7) is 8.20. The highest BCUT2D eigenvalue weighted by atomic mass is 16.1. The summed E-state index contributed by atoms with van der Waals surface area (Å²) in [5.41, 5.74) is 0. The van der Waals surface area contributed by atoms with Gasteiger partial charge in [0.25, 0.3) is 0 Å². The number of carbonyl (C=O) groups excluding carboxylic acids is 1. The van der Waals surface area contributed by atoms with Crippen LogP contribution in [0.1, 0.15) is 47.0 Å². The molecule has 0 saturated heterocycles. The Morgan fingerprint density at radius 2 is 2.00 bits per heavy atom. The van der Waals surface area contributed by atoms with E-state index in [0.29, 0.717) is 12.3 Å². The van der Waals surface area contributed by atoms with Crippen molar-refractivity contribution in [1.29, 1.82) is 0 Å². The average molecular weight is 197 g/mol. The summed E-state index contributed by atoms with van der Waals surface area (Å²) in [5.74, 6) is 0.557. The first-order chi connectivity index (χ1) is 6.60. The third kappa shape index (κ3) is 6.70. The Balaban J connectivity index is 3.92. The lowest BCUT2D eigenvalue weighted by Gasteiger charge is -2.12. The number of carbonyl (C=O) groups is 1. The first-order valence-electron chi connectivity index (χ1n) is 5.56. The Labute approximate surface area is 87.8 Å². The van der Waals surface area contributed by atoms with Crippen LogP contribution in [0.25, 0.3) is 0 Å². The van der Waals surface area contributed by atoms with Crippen LogP contribution in [0, 0.1) is 5.92 Å². The van der Waals surface area contributed by atoms with E-state index in [0.717, 1.165) is 12.8 Å². The summed E-state index contributed by atoms with van der Waals surface area (Å²) in [6, 6.07) is 0.246. The topological polar surface area (TPSA) is 29.1 Å². The Morgan fingerprint density at radius 1 is 1.36 bits per heavy atom. The predicted octanol–water partition coefficient (Wildman–Crippen LogP) is 2.89. The van der Waals surface area contributed by atoms with Crippen LogP contribution in [0.4, 0.5) is 0 Å². The number of hydrogen-bond acceptors (Lipinski definition) is 1. The normalized spacial score (nSPS) is 13.5. The van der Waals surface area contributed by atoms with Crippen LogP contribution in [0.3, 0.4) is 0 Å². The molecule has 0 rings (SSSR count). The van der Waals surface area contributed by atoms with Gasteiger partial charge in [0.2, 0.25) is 5.91 Å². The van der Waals surface area contributed by atoms with Crippen molar-refractivity contribution < 1.29 is 4.79 Å². The molecule has 0 fully saturated rings. The molecule has 1 N–H and O–H groups in total. The van der Waals surface area contributed by atoms with Crippen molar-refractivity contribution in [2.75, 3.05) is 0 Å². The van der Waals surface area contributed by atoms with E-state index in [9.17, 15) is 4.79 Å². The Kier molecular flexibility index (Phi) is 7.17. The molecular formula is C12H23NO. The van der Waals surface area contributed by atoms with E-state index in [4.69, 9.17) is 0 Å². The van der Waals surface area contributed by atoms with Crippen LogP contribution >= 0.6 is 0 Å². The fourth-order valence-corrected chi connectivity index (χ4v) is 1.30. The predicted molar refractivity (Wildman–Crippen MR) is 61.1 cm³/mol. The third-order valence-electron chi connectivity index (χ3n) is 2.07. The van der Waals surface area contributed by atoms with Gasteiger partial charge in [-0.3, -0.25) is 4.79 Å². The van der Waals surface area contributed by atoms with Crippen LogP contribution < -0.4 is 5.32 Å². The second-order valence-corrected chi connectivity index (χ2v) is 3.93. The van der Waals surface area contributed by atoms with Crippen molar-refractivity contribution in [3.8, 4) is 0 Å². The summed E-state index contributed by atoms with van der Waals surface area (Å²) in [7, 11) is 0. The largest absolute Gasteiger partial charge is 0.354 e. The van der Waals surface area contributed by atoms with Crippen molar-refractivity contribution in [2.45, 2.75) is 53.0 Å². The molecule has 0 saturated carbocycles. The Bertz CT molecular complexity index is 185. The van der Waals surface area contributed by atoms with Gasteiger partial charge >= 0.3 is 0 Å². The van der Waals surface area contributed by atoms with Crippen molar-refractivity contribution in [2.24, 2.45) is 5.92 Å². The monoisotopic (exact) mass is 197 g/mol. The molecule has 0 aliphatic carbocycles. The van der Waals surface area contributed by atoms with Crippen LogP contribution in [-0.2, 0) is 4.79 Å². The molecule has 0 heterocycles. The molecule has 14 heavy (non-hydrogen) atoms. The van der Waals surface area contributed by atoms with E-state index in [1.807, 2.05) is 13.8 Å². The Hall–Kier alpha value is -0.790. The minimum Gasteiger partial charge on any atom is -0.354 e. The van der Waals surface area contributed by atoms with Gasteiger partial charge in [0.15, 0.2) is 0 Å². The highest BCUT2D eigenvalue weighted by Gasteiger charge is 2.09. The van der Waals surface area contributed by atoms with Crippen molar-refractivity contribution in [1.82, 2.24) is 5.32 Å². The van der Waals surface area contributed by atoms with Crippen LogP contribution in [0.2, 0.25) is 0 Å². The van der Waals surface area contributed by atoms with E-state index >= 15 is 0 Å². The highest BCUT2D eigenvalue weighted by molar-refractivity contribution is 5.76. The standard InChI is InChI=1S/C12H23NO/c1-5-7-8-11(6-2)9-12(14)13-10(3)4/h7-8,10-11H,5-6,9H2,1-4H3,(H,13,14)/b8-7+. The molecule has 0 aromatic heterocycles. The maximum atomic E-state index is 11.4. The number of allylic oxidation sites excluding steroid dienone is 2. The summed E-state index contributed by atoms with van der Waals surface area (Å²) < 4.78 is 0. The fraction of sp³-hybridized carbons (Fsp3) is 0.750. The van der Waals surface area contributed by atoms with Crippen molar-refractivity contribution >= 4 is 5.91 Å². The zero-order chi connectivity index (χ0) is 11.0. The zero-order valence-corrected chi connectivity index (χ0v) is 9.84. The van der Waals surface area contributed by atoms with E-state index < -0.39 is 0 Å². The summed E-state index contributed by atoms with van der Waals surface area (Å²) in [4.78, 5) is 11.4. The van der Waals surface area contributed by atoms with Gasteiger partial charge in [0.05, 0.1) is 0 Å². The van der Waals surface area contributed by atoms with E-state index in [2.05, 4.69) is 31.3 Å². The maximum absolute atomic E-state index is 11.4. The van der Waals surface area contributed by atoms with Crippen molar-refractivity contribution in [3.05, 3.63) is 12.2 Å². The van der Waals surface area contributed by atoms with Crippen LogP contribution in [0.15, 0.2) is 12.2 Å². The maximum Gasteiger partial charge on any atom is 0.220 e. The lowest BCUT2D eigenvalue weighted by Crippen LogP contribution is -2.31. The van der Waals surface area contributed by atoms with Crippen molar-refractivity contribution in [3.63, 3.8) is 0 Å². The fourth-order valence-electron chi connectivity index (χ4n) is 1.30. The quantitative estimate of drug-likeness (QED) is 0.652. The molecule has 1 atom stereocenters. The van der Waals surface area contributed by atoms with Gasteiger partial charge in [-0.2, -0.15) is 0 Å². The van der Waals surface area contributed by atoms with Gasteiger partial charge in [0.1, 0.15) is 0 Å². The zero-order valence-electron chi connectivity index (χ0n) is 9.84. The van der Waals surface area contributed by atoms with Gasteiger partial charge in [-0.1, -0.05) is 26.0 Å². The lowest BCUT2D eigenvalue weighted by atomic mass is 10.0. The molecule has 0 bridgehead atoms. The highest BCUT2D eigenvalue weighted by Crippen LogP contribution is 2.10. The van der Waals surface area contributed by atoms with Gasteiger partial charge in [0, 0.05) is 12.5 Å². The molecule has 0 aliphatic rings. The molecule has 0 aromatic carbocycles. The molecule has 1 amide bonds. The Morgan fingerprint density at radius 3 is 2.43 bits per heavy atom. The van der Waals surface area contributed by atoms with Gasteiger partial charge < -0.3 is 5.32 Å². The van der Waals surface area contributed by atoms with Crippen LogP contribution in [0.5, 0.6) is 0 Å². The van der Waals surface area contributed by atoms with Gasteiger partial charge in [-0.05, 0) is 32.6 Å². The smallest absolute Gasteiger partial charge is 0.220 e. The lowest BCUT2D eigenvalue weighted by molar-refractivity contribution is -0.122. The van der Waals surface area contributed by atoms with E-state index in [1.165, 1.54) is 0 Å². The number of rotatable bonds is 6. The third-order valence-corrected chi connectivity index (χ3v) is 2.07. The van der Waals surface area contributed by atoms with E-state index in [-0.39, 0.29) is 11.9 Å². The second-order valence-electron chi connectivity index (χ2n) is 3.93. The molecular weight excluding hydrogens is 174 g/mol. The molecule has 0 aliphatic heterocycles. The number of hydrogen-bond donors (Lipinski definition) is 1. The molecule has 2 heteroatoms. The molecule has 0 spiro atoms. The minimum atomic E-state index is 0.160. The van der Waals surface area contributed by atoms with E-state index in [1.54, 1.807) is 0 Å². The molecule has 82 valence electrons. The molecule has 0 aromatic rings. The van der Waals surface area contributed by atoms with Gasteiger partial charge in [-0.15, -0.1) is 0 Å². The van der Waals surface area contributed by atoms with Crippen LogP contribution in [-0.4, -0.2) is 11.9 Å². The summed E-state index contributed by atoms with van der Waals surface area (Å²) >= 11 is 0. The number of amides is 1. The summed E-state index contributed by atoms with van der Waals surface area (Å²) in [5, 5.41) is 2.91. The number of nitrogens with one attached hydrogen (secondary N) is 1. The molecule has 0 radical (unpaired) electrons. The summed E-state index contributed by atoms with van der Waals surface area (Å²) in [6.07, 6.45) is 6.98. The second kappa shape index (κ2) is 7.60. The molecule has 1 unspecified atom stereocenters. The average Bonchev–Trinajstić information content (AvgIpc) is 2.10. The first kappa shape index (κ1) is 13.2.